The second kappa shape index (κ2) is 5.65. The number of hydroxylamine groups is 1. The quantitative estimate of drug-likeness (QED) is 0.588. The van der Waals surface area contributed by atoms with E-state index in [2.05, 4.69) is 10.3 Å². The zero-order valence-corrected chi connectivity index (χ0v) is 8.55. The fourth-order valence-corrected chi connectivity index (χ4v) is 1.07. The standard InChI is InChI=1S/C9H10ClFN2O2/c10-7-2-1-6(8(11)3-7)4-13-15-5-9(12)14/h1-3,13H,4-5H2,(H2,12,14). The van der Waals surface area contributed by atoms with Crippen molar-refractivity contribution in [2.24, 2.45) is 5.73 Å². The van der Waals surface area contributed by atoms with E-state index in [-0.39, 0.29) is 13.2 Å². The monoisotopic (exact) mass is 232 g/mol. The molecule has 0 saturated carbocycles. The maximum atomic E-state index is 13.2. The number of halogens is 2. The predicted molar refractivity (Wildman–Crippen MR) is 53.4 cm³/mol. The molecule has 0 aromatic heterocycles. The molecule has 0 spiro atoms. The highest BCUT2D eigenvalue weighted by Crippen LogP contribution is 2.14. The minimum absolute atomic E-state index is 0.135. The van der Waals surface area contributed by atoms with Crippen molar-refractivity contribution in [1.82, 2.24) is 5.48 Å². The van der Waals surface area contributed by atoms with Gasteiger partial charge in [-0.25, -0.2) is 4.39 Å². The van der Waals surface area contributed by atoms with E-state index in [9.17, 15) is 9.18 Å². The van der Waals surface area contributed by atoms with E-state index in [4.69, 9.17) is 17.3 Å². The zero-order chi connectivity index (χ0) is 11.3. The first-order chi connectivity index (χ1) is 7.09. The third-order valence-corrected chi connectivity index (χ3v) is 1.83. The zero-order valence-electron chi connectivity index (χ0n) is 7.80. The van der Waals surface area contributed by atoms with E-state index < -0.39 is 11.7 Å². The van der Waals surface area contributed by atoms with Crippen LogP contribution in [0.25, 0.3) is 0 Å². The van der Waals surface area contributed by atoms with Gasteiger partial charge in [-0.2, -0.15) is 5.48 Å². The van der Waals surface area contributed by atoms with Gasteiger partial charge in [0.25, 0.3) is 0 Å². The van der Waals surface area contributed by atoms with Crippen LogP contribution in [0.4, 0.5) is 4.39 Å². The molecule has 3 N–H and O–H groups in total. The molecule has 4 nitrogen and oxygen atoms in total. The number of benzene rings is 1. The summed E-state index contributed by atoms with van der Waals surface area (Å²) in [6.45, 7) is -0.120. The first kappa shape index (κ1) is 11.9. The van der Waals surface area contributed by atoms with Gasteiger partial charge in [0.2, 0.25) is 5.91 Å². The maximum Gasteiger partial charge on any atom is 0.245 e. The molecule has 0 saturated heterocycles. The second-order valence-electron chi connectivity index (χ2n) is 2.81. The number of carbonyl (C=O) groups excluding carboxylic acids is 1. The van der Waals surface area contributed by atoms with Crippen LogP contribution >= 0.6 is 11.6 Å². The molecule has 6 heteroatoms. The Bertz CT molecular complexity index is 360. The Labute approximate surface area is 91.1 Å². The number of nitrogens with one attached hydrogen (secondary N) is 1. The molecule has 1 aromatic carbocycles. The summed E-state index contributed by atoms with van der Waals surface area (Å²) in [7, 11) is 0. The van der Waals surface area contributed by atoms with Gasteiger partial charge in [-0.1, -0.05) is 17.7 Å². The van der Waals surface area contributed by atoms with Crippen molar-refractivity contribution in [1.29, 1.82) is 0 Å². The van der Waals surface area contributed by atoms with Gasteiger partial charge in [-0.3, -0.25) is 9.63 Å². The lowest BCUT2D eigenvalue weighted by Gasteiger charge is -2.05. The average Bonchev–Trinajstić information content (AvgIpc) is 2.14. The van der Waals surface area contributed by atoms with E-state index in [1.165, 1.54) is 12.1 Å². The highest BCUT2D eigenvalue weighted by atomic mass is 35.5. The Morgan fingerprint density at radius 2 is 2.33 bits per heavy atom. The number of amides is 1. The molecule has 0 bridgehead atoms. The van der Waals surface area contributed by atoms with Gasteiger partial charge < -0.3 is 5.73 Å². The third-order valence-electron chi connectivity index (χ3n) is 1.59. The first-order valence-corrected chi connectivity index (χ1v) is 4.54. The molecular weight excluding hydrogens is 223 g/mol. The molecule has 0 radical (unpaired) electrons. The van der Waals surface area contributed by atoms with Crippen molar-refractivity contribution >= 4 is 17.5 Å². The van der Waals surface area contributed by atoms with Crippen molar-refractivity contribution in [3.63, 3.8) is 0 Å². The Morgan fingerprint density at radius 1 is 1.60 bits per heavy atom. The normalized spacial score (nSPS) is 10.3. The molecule has 0 atom stereocenters. The minimum Gasteiger partial charge on any atom is -0.368 e. The van der Waals surface area contributed by atoms with Crippen LogP contribution in [0.15, 0.2) is 18.2 Å². The Morgan fingerprint density at radius 3 is 2.93 bits per heavy atom. The third kappa shape index (κ3) is 4.24. The summed E-state index contributed by atoms with van der Waals surface area (Å²) in [5, 5.41) is 0.328. The van der Waals surface area contributed by atoms with E-state index >= 15 is 0 Å². The van der Waals surface area contributed by atoms with Crippen LogP contribution in [0.1, 0.15) is 5.56 Å². The molecule has 1 rings (SSSR count). The second-order valence-corrected chi connectivity index (χ2v) is 3.25. The number of primary amides is 1. The van der Waals surface area contributed by atoms with E-state index in [0.717, 1.165) is 0 Å². The lowest BCUT2D eigenvalue weighted by atomic mass is 10.2. The smallest absolute Gasteiger partial charge is 0.245 e. The fraction of sp³-hybridized carbons (Fsp3) is 0.222. The van der Waals surface area contributed by atoms with Gasteiger partial charge in [0.05, 0.1) is 0 Å². The van der Waals surface area contributed by atoms with Crippen LogP contribution in [0.5, 0.6) is 0 Å². The van der Waals surface area contributed by atoms with Crippen molar-refractivity contribution in [2.45, 2.75) is 6.54 Å². The van der Waals surface area contributed by atoms with Gasteiger partial charge in [0, 0.05) is 17.1 Å². The molecule has 0 aliphatic heterocycles. The summed E-state index contributed by atoms with van der Waals surface area (Å²) in [6, 6.07) is 4.29. The highest BCUT2D eigenvalue weighted by molar-refractivity contribution is 6.30. The molecule has 15 heavy (non-hydrogen) atoms. The van der Waals surface area contributed by atoms with Gasteiger partial charge in [0.15, 0.2) is 0 Å². The molecule has 1 amide bonds. The number of nitrogens with two attached hydrogens (primary N) is 1. The van der Waals surface area contributed by atoms with E-state index in [1.807, 2.05) is 0 Å². The Kier molecular flexibility index (Phi) is 4.48. The van der Waals surface area contributed by atoms with Crippen LogP contribution in [-0.2, 0) is 16.2 Å². The molecule has 0 heterocycles. The van der Waals surface area contributed by atoms with Crippen molar-refractivity contribution in [3.8, 4) is 0 Å². The van der Waals surface area contributed by atoms with Crippen LogP contribution in [0, 0.1) is 5.82 Å². The lowest BCUT2D eigenvalue weighted by molar-refractivity contribution is -0.125. The molecule has 0 aliphatic rings. The molecule has 1 aromatic rings. The van der Waals surface area contributed by atoms with Crippen molar-refractivity contribution < 1.29 is 14.0 Å². The topological polar surface area (TPSA) is 64.4 Å². The highest BCUT2D eigenvalue weighted by Gasteiger charge is 2.02. The maximum absolute atomic E-state index is 13.2. The molecular formula is C9H10ClFN2O2. The molecule has 0 unspecified atom stereocenters. The van der Waals surface area contributed by atoms with E-state index in [0.29, 0.717) is 10.6 Å². The molecule has 0 aliphatic carbocycles. The summed E-state index contributed by atoms with van der Waals surface area (Å²) in [6.07, 6.45) is 0. The summed E-state index contributed by atoms with van der Waals surface area (Å²) < 4.78 is 13.2. The number of hydrogen-bond donors (Lipinski definition) is 2. The van der Waals surface area contributed by atoms with Crippen molar-refractivity contribution in [3.05, 3.63) is 34.6 Å². The summed E-state index contributed by atoms with van der Waals surface area (Å²) in [4.78, 5) is 14.9. The van der Waals surface area contributed by atoms with E-state index in [1.54, 1.807) is 6.07 Å². The number of hydrogen-bond acceptors (Lipinski definition) is 3. The SMILES string of the molecule is NC(=O)CONCc1ccc(Cl)cc1F. The van der Waals surface area contributed by atoms with Crippen LogP contribution in [-0.4, -0.2) is 12.5 Å². The molecule has 0 fully saturated rings. The average molecular weight is 233 g/mol. The number of carbonyl (C=O) groups is 1. The van der Waals surface area contributed by atoms with Crippen LogP contribution < -0.4 is 11.2 Å². The predicted octanol–water partition coefficient (Wildman–Crippen LogP) is 0.986. The lowest BCUT2D eigenvalue weighted by Crippen LogP contribution is -2.24. The van der Waals surface area contributed by atoms with Crippen LogP contribution in [0.2, 0.25) is 5.02 Å². The van der Waals surface area contributed by atoms with Gasteiger partial charge >= 0.3 is 0 Å². The summed E-state index contributed by atoms with van der Waals surface area (Å²) in [5.74, 6) is -1.03. The largest absolute Gasteiger partial charge is 0.368 e. The van der Waals surface area contributed by atoms with Gasteiger partial charge in [-0.05, 0) is 12.1 Å². The Hall–Kier alpha value is -1.17. The summed E-state index contributed by atoms with van der Waals surface area (Å²) >= 11 is 5.57. The number of rotatable bonds is 5. The van der Waals surface area contributed by atoms with Crippen LogP contribution in [0.3, 0.4) is 0 Å². The van der Waals surface area contributed by atoms with Gasteiger partial charge in [0.1, 0.15) is 12.4 Å². The van der Waals surface area contributed by atoms with Crippen molar-refractivity contribution in [2.75, 3.05) is 6.61 Å². The van der Waals surface area contributed by atoms with Gasteiger partial charge in [-0.15, -0.1) is 0 Å². The minimum atomic E-state index is -0.598. The Balaban J connectivity index is 2.40. The summed E-state index contributed by atoms with van der Waals surface area (Å²) in [5.41, 5.74) is 7.63. The molecule has 82 valence electrons. The fourth-order valence-electron chi connectivity index (χ4n) is 0.916. The first-order valence-electron chi connectivity index (χ1n) is 4.16.